The summed E-state index contributed by atoms with van der Waals surface area (Å²) < 4.78 is 0. The Hall–Kier alpha value is -0.160. The molecule has 28 heavy (non-hydrogen) atoms. The molecule has 0 aromatic carbocycles. The molecule has 4 fully saturated rings. The van der Waals surface area contributed by atoms with Gasteiger partial charge in [-0.25, -0.2) is 0 Å². The quantitative estimate of drug-likeness (QED) is 0.349. The van der Waals surface area contributed by atoms with Crippen LogP contribution in [0.25, 0.3) is 0 Å². The smallest absolute Gasteiger partial charge is 0.202 e. The Morgan fingerprint density at radius 3 is 1.21 bits per heavy atom. The Kier molecular flexibility index (Phi) is 7.02. The van der Waals surface area contributed by atoms with Crippen LogP contribution in [-0.4, -0.2) is 21.8 Å². The lowest BCUT2D eigenvalue weighted by atomic mass is 9.70. The third-order valence-corrected chi connectivity index (χ3v) is 8.53. The van der Waals surface area contributed by atoms with Crippen molar-refractivity contribution in [3.63, 3.8) is 0 Å². The van der Waals surface area contributed by atoms with Gasteiger partial charge in [0.05, 0.1) is 0 Å². The van der Waals surface area contributed by atoms with Crippen LogP contribution in [0.5, 0.6) is 0 Å². The maximum Gasteiger partial charge on any atom is 0.202 e. The van der Waals surface area contributed by atoms with E-state index in [2.05, 4.69) is 0 Å². The predicted molar refractivity (Wildman–Crippen MR) is 109 cm³/mol. The van der Waals surface area contributed by atoms with Crippen LogP contribution in [0.3, 0.4) is 0 Å². The van der Waals surface area contributed by atoms with Crippen LogP contribution in [0.1, 0.15) is 116 Å². The molecule has 4 aliphatic rings. The Bertz CT molecular complexity index is 441. The first kappa shape index (κ1) is 21.1. The molecule has 0 heterocycles. The molecule has 4 unspecified atom stereocenters. The van der Waals surface area contributed by atoms with E-state index in [1.165, 1.54) is 77.0 Å². The minimum atomic E-state index is -1.22. The fourth-order valence-electron chi connectivity index (χ4n) is 6.94. The molecule has 4 aliphatic carbocycles. The number of hydrogen-bond donors (Lipinski definition) is 2. The summed E-state index contributed by atoms with van der Waals surface area (Å²) >= 11 is 0. The second-order valence-corrected chi connectivity index (χ2v) is 10.4. The highest BCUT2D eigenvalue weighted by molar-refractivity contribution is 4.90. The Morgan fingerprint density at radius 2 is 0.821 bits per heavy atom. The summed E-state index contributed by atoms with van der Waals surface area (Å²) in [7, 11) is 0. The molecule has 0 saturated heterocycles. The van der Waals surface area contributed by atoms with Crippen LogP contribution < -0.4 is 0 Å². The molecule has 4 rings (SSSR count). The first-order valence-corrected chi connectivity index (χ1v) is 12.4. The summed E-state index contributed by atoms with van der Waals surface area (Å²) in [6.07, 6.45) is 20.1. The Morgan fingerprint density at radius 1 is 0.464 bits per heavy atom. The predicted octanol–water partition coefficient (Wildman–Crippen LogP) is 5.85. The summed E-state index contributed by atoms with van der Waals surface area (Å²) in [4.78, 5) is 11.8. The van der Waals surface area contributed by atoms with Crippen LogP contribution >= 0.6 is 0 Å². The summed E-state index contributed by atoms with van der Waals surface area (Å²) in [6, 6.07) is 0. The normalized spacial score (nSPS) is 41.8. The van der Waals surface area contributed by atoms with Gasteiger partial charge in [-0.15, -0.1) is 0 Å². The molecule has 0 aliphatic heterocycles. The zero-order valence-electron chi connectivity index (χ0n) is 17.7. The van der Waals surface area contributed by atoms with Gasteiger partial charge in [-0.1, -0.05) is 51.4 Å². The molecule has 4 atom stereocenters. The number of hydrogen-bond acceptors (Lipinski definition) is 4. The highest BCUT2D eigenvalue weighted by Gasteiger charge is 2.50. The molecule has 0 spiro atoms. The number of aliphatic hydroxyl groups is 2. The van der Waals surface area contributed by atoms with Crippen LogP contribution in [0.2, 0.25) is 0 Å². The van der Waals surface area contributed by atoms with Crippen LogP contribution in [-0.2, 0) is 9.78 Å². The molecule has 0 amide bonds. The van der Waals surface area contributed by atoms with Crippen molar-refractivity contribution >= 4 is 0 Å². The fraction of sp³-hybridized carbons (Fsp3) is 1.00. The van der Waals surface area contributed by atoms with E-state index in [9.17, 15) is 10.2 Å². The first-order chi connectivity index (χ1) is 13.6. The highest BCUT2D eigenvalue weighted by Crippen LogP contribution is 2.48. The maximum atomic E-state index is 11.5. The van der Waals surface area contributed by atoms with E-state index in [4.69, 9.17) is 9.78 Å². The molecule has 4 saturated carbocycles. The van der Waals surface area contributed by atoms with Gasteiger partial charge in [0.2, 0.25) is 11.6 Å². The van der Waals surface area contributed by atoms with Gasteiger partial charge >= 0.3 is 0 Å². The zero-order chi connectivity index (χ0) is 19.5. The topological polar surface area (TPSA) is 58.9 Å². The monoisotopic (exact) mass is 394 g/mol. The van der Waals surface area contributed by atoms with E-state index in [0.29, 0.717) is 24.7 Å². The maximum absolute atomic E-state index is 11.5. The minimum absolute atomic E-state index is 0.155. The largest absolute Gasteiger partial charge is 0.363 e. The molecule has 0 aromatic heterocycles. The summed E-state index contributed by atoms with van der Waals surface area (Å²) in [6.45, 7) is 0. The van der Waals surface area contributed by atoms with Crippen molar-refractivity contribution in [3.05, 3.63) is 0 Å². The molecular formula is C24H42O4. The van der Waals surface area contributed by atoms with Gasteiger partial charge in [0.25, 0.3) is 0 Å². The molecular weight excluding hydrogens is 352 g/mol. The Balaban J connectivity index is 1.43. The standard InChI is InChI=1S/C24H42O4/c25-23(17-9-7-15-21(23)19-11-3-1-4-12-19)27-28-24(26)18-10-8-16-22(24)20-13-5-2-6-14-20/h19-22,25-26H,1-18H2. The molecule has 0 bridgehead atoms. The van der Waals surface area contributed by atoms with Crippen LogP contribution in [0.15, 0.2) is 0 Å². The van der Waals surface area contributed by atoms with Gasteiger partial charge in [0.1, 0.15) is 0 Å². The highest BCUT2D eigenvalue weighted by atomic mass is 17.2. The molecule has 2 N–H and O–H groups in total. The van der Waals surface area contributed by atoms with Crippen LogP contribution in [0, 0.1) is 23.7 Å². The van der Waals surface area contributed by atoms with Gasteiger partial charge < -0.3 is 10.2 Å². The van der Waals surface area contributed by atoms with Gasteiger partial charge in [0, 0.05) is 24.7 Å². The van der Waals surface area contributed by atoms with Gasteiger partial charge in [-0.3, -0.25) is 0 Å². The average Bonchev–Trinajstić information content (AvgIpc) is 2.74. The molecule has 0 radical (unpaired) electrons. The lowest BCUT2D eigenvalue weighted by Gasteiger charge is -2.47. The SMILES string of the molecule is OC1(OOC2(O)CCCCC2C2CCCCC2)CCCCC1C1CCCCC1. The van der Waals surface area contributed by atoms with E-state index < -0.39 is 11.6 Å². The van der Waals surface area contributed by atoms with Gasteiger partial charge in [0.15, 0.2) is 0 Å². The third-order valence-electron chi connectivity index (χ3n) is 8.53. The van der Waals surface area contributed by atoms with Gasteiger partial charge in [-0.05, 0) is 63.2 Å². The number of rotatable bonds is 5. The van der Waals surface area contributed by atoms with E-state index in [1.54, 1.807) is 0 Å². The summed E-state index contributed by atoms with van der Waals surface area (Å²) in [5.74, 6) is -1.05. The van der Waals surface area contributed by atoms with Crippen molar-refractivity contribution in [3.8, 4) is 0 Å². The summed E-state index contributed by atoms with van der Waals surface area (Å²) in [5.41, 5.74) is 0. The van der Waals surface area contributed by atoms with Crippen molar-refractivity contribution in [2.75, 3.05) is 0 Å². The van der Waals surface area contributed by atoms with Crippen molar-refractivity contribution in [2.45, 2.75) is 127 Å². The minimum Gasteiger partial charge on any atom is -0.363 e. The summed E-state index contributed by atoms with van der Waals surface area (Å²) in [5, 5.41) is 22.9. The van der Waals surface area contributed by atoms with Crippen molar-refractivity contribution in [2.24, 2.45) is 23.7 Å². The lowest BCUT2D eigenvalue weighted by Crippen LogP contribution is -2.52. The van der Waals surface area contributed by atoms with E-state index in [-0.39, 0.29) is 11.8 Å². The Labute approximate surface area is 171 Å². The molecule has 4 nitrogen and oxygen atoms in total. The lowest BCUT2D eigenvalue weighted by molar-refractivity contribution is -0.522. The van der Waals surface area contributed by atoms with E-state index in [0.717, 1.165) is 25.7 Å². The van der Waals surface area contributed by atoms with Gasteiger partial charge in [-0.2, -0.15) is 9.78 Å². The van der Waals surface area contributed by atoms with Crippen molar-refractivity contribution in [1.29, 1.82) is 0 Å². The third kappa shape index (κ3) is 4.61. The van der Waals surface area contributed by atoms with E-state index >= 15 is 0 Å². The van der Waals surface area contributed by atoms with Crippen molar-refractivity contribution in [1.82, 2.24) is 0 Å². The second kappa shape index (κ2) is 9.32. The second-order valence-electron chi connectivity index (χ2n) is 10.4. The van der Waals surface area contributed by atoms with Crippen molar-refractivity contribution < 1.29 is 20.0 Å². The molecule has 4 heteroatoms. The molecule has 162 valence electrons. The molecule has 0 aromatic rings. The van der Waals surface area contributed by atoms with E-state index in [1.807, 2.05) is 0 Å². The fourth-order valence-corrected chi connectivity index (χ4v) is 6.94. The van der Waals surface area contributed by atoms with Crippen LogP contribution in [0.4, 0.5) is 0 Å². The average molecular weight is 395 g/mol. The first-order valence-electron chi connectivity index (χ1n) is 12.4. The zero-order valence-corrected chi connectivity index (χ0v) is 17.7.